The van der Waals surface area contributed by atoms with Gasteiger partial charge in [-0.25, -0.2) is 4.39 Å². The Morgan fingerprint density at radius 2 is 2.00 bits per heavy atom. The lowest BCUT2D eigenvalue weighted by atomic mass is 9.94. The first kappa shape index (κ1) is 9.68. The van der Waals surface area contributed by atoms with Gasteiger partial charge in [0.1, 0.15) is 13.7 Å². The summed E-state index contributed by atoms with van der Waals surface area (Å²) in [6.07, 6.45) is 0.518. The van der Waals surface area contributed by atoms with Gasteiger partial charge in [0.05, 0.1) is 13.2 Å². The SMILES string of the molecule is Bc1ccc(C2OCCCO2)cc1F. The van der Waals surface area contributed by atoms with Crippen molar-refractivity contribution in [3.05, 3.63) is 29.6 Å². The first-order valence-corrected chi connectivity index (χ1v) is 4.76. The third kappa shape index (κ3) is 1.96. The highest BCUT2D eigenvalue weighted by atomic mass is 19.1. The van der Waals surface area contributed by atoms with Crippen molar-refractivity contribution in [2.24, 2.45) is 0 Å². The number of ether oxygens (including phenoxy) is 2. The maximum atomic E-state index is 13.2. The molecule has 2 rings (SSSR count). The molecule has 1 aliphatic heterocycles. The predicted octanol–water partition coefficient (Wildman–Crippen LogP) is 0.520. The Labute approximate surface area is 83.4 Å². The van der Waals surface area contributed by atoms with Gasteiger partial charge in [0.15, 0.2) is 6.29 Å². The van der Waals surface area contributed by atoms with E-state index in [1.54, 1.807) is 13.9 Å². The summed E-state index contributed by atoms with van der Waals surface area (Å²) < 4.78 is 24.0. The maximum absolute atomic E-state index is 13.2. The van der Waals surface area contributed by atoms with Gasteiger partial charge in [-0.2, -0.15) is 0 Å². The fourth-order valence-electron chi connectivity index (χ4n) is 1.44. The van der Waals surface area contributed by atoms with Crippen LogP contribution in [0.3, 0.4) is 0 Å². The highest BCUT2D eigenvalue weighted by molar-refractivity contribution is 6.32. The lowest BCUT2D eigenvalue weighted by Gasteiger charge is -2.23. The summed E-state index contributed by atoms with van der Waals surface area (Å²) in [5.41, 5.74) is 1.40. The summed E-state index contributed by atoms with van der Waals surface area (Å²) >= 11 is 0. The molecule has 1 fully saturated rings. The van der Waals surface area contributed by atoms with Crippen LogP contribution in [-0.2, 0) is 9.47 Å². The molecular formula is C10H12BFO2. The van der Waals surface area contributed by atoms with Crippen molar-refractivity contribution < 1.29 is 13.9 Å². The number of hydrogen-bond donors (Lipinski definition) is 0. The van der Waals surface area contributed by atoms with E-state index in [4.69, 9.17) is 9.47 Å². The molecule has 0 aromatic heterocycles. The molecule has 0 N–H and O–H groups in total. The molecule has 0 amide bonds. The van der Waals surface area contributed by atoms with Gasteiger partial charge in [0.2, 0.25) is 0 Å². The van der Waals surface area contributed by atoms with Crippen LogP contribution in [0.4, 0.5) is 4.39 Å². The van der Waals surface area contributed by atoms with E-state index in [1.165, 1.54) is 6.07 Å². The van der Waals surface area contributed by atoms with E-state index < -0.39 is 0 Å². The summed E-state index contributed by atoms with van der Waals surface area (Å²) in [5, 5.41) is 0. The molecule has 0 aliphatic carbocycles. The van der Waals surface area contributed by atoms with Crippen LogP contribution in [0.1, 0.15) is 18.3 Å². The van der Waals surface area contributed by atoms with Crippen LogP contribution in [0.15, 0.2) is 18.2 Å². The Morgan fingerprint density at radius 3 is 2.64 bits per heavy atom. The number of rotatable bonds is 1. The van der Waals surface area contributed by atoms with E-state index in [9.17, 15) is 4.39 Å². The zero-order valence-electron chi connectivity index (χ0n) is 8.13. The standard InChI is InChI=1S/C10H12BFO2/c11-8-3-2-7(6-9(8)12)10-13-4-1-5-14-10/h2-3,6,10H,1,4-5,11H2. The molecule has 1 aliphatic rings. The number of hydrogen-bond acceptors (Lipinski definition) is 2. The highest BCUT2D eigenvalue weighted by Gasteiger charge is 2.17. The van der Waals surface area contributed by atoms with E-state index in [1.807, 2.05) is 6.07 Å². The molecule has 4 heteroatoms. The van der Waals surface area contributed by atoms with Gasteiger partial charge >= 0.3 is 0 Å². The third-order valence-electron chi connectivity index (χ3n) is 2.30. The molecule has 1 aromatic rings. The zero-order chi connectivity index (χ0) is 9.97. The molecular weight excluding hydrogens is 182 g/mol. The van der Waals surface area contributed by atoms with E-state index >= 15 is 0 Å². The fraction of sp³-hybridized carbons (Fsp3) is 0.400. The molecule has 14 heavy (non-hydrogen) atoms. The van der Waals surface area contributed by atoms with Gasteiger partial charge in [0, 0.05) is 5.56 Å². The minimum absolute atomic E-state index is 0.208. The van der Waals surface area contributed by atoms with Crippen LogP contribution in [0.2, 0.25) is 0 Å². The Balaban J connectivity index is 2.18. The molecule has 0 atom stereocenters. The molecule has 0 spiro atoms. The molecule has 0 bridgehead atoms. The highest BCUT2D eigenvalue weighted by Crippen LogP contribution is 2.22. The Bertz CT molecular complexity index is 324. The molecule has 1 saturated heterocycles. The smallest absolute Gasteiger partial charge is 0.183 e. The topological polar surface area (TPSA) is 18.5 Å². The minimum Gasteiger partial charge on any atom is -0.348 e. The van der Waals surface area contributed by atoms with Gasteiger partial charge in [-0.05, 0) is 12.5 Å². The van der Waals surface area contributed by atoms with Crippen molar-refractivity contribution in [3.8, 4) is 0 Å². The van der Waals surface area contributed by atoms with Gasteiger partial charge in [-0.1, -0.05) is 17.6 Å². The van der Waals surface area contributed by atoms with Crippen molar-refractivity contribution in [2.75, 3.05) is 13.2 Å². The second-order valence-electron chi connectivity index (χ2n) is 3.44. The summed E-state index contributed by atoms with van der Waals surface area (Å²) in [6.45, 7) is 1.36. The Hall–Kier alpha value is -0.865. The Kier molecular flexibility index (Phi) is 2.84. The van der Waals surface area contributed by atoms with Crippen LogP contribution in [0, 0.1) is 5.82 Å². The van der Waals surface area contributed by atoms with Gasteiger partial charge in [-0.3, -0.25) is 0 Å². The predicted molar refractivity (Wildman–Crippen MR) is 53.8 cm³/mol. The van der Waals surface area contributed by atoms with Crippen molar-refractivity contribution >= 4 is 13.3 Å². The zero-order valence-corrected chi connectivity index (χ0v) is 8.13. The summed E-state index contributed by atoms with van der Waals surface area (Å²) in [6, 6.07) is 5.06. The molecule has 0 saturated carbocycles. The molecule has 1 aromatic carbocycles. The Morgan fingerprint density at radius 1 is 1.29 bits per heavy atom. The van der Waals surface area contributed by atoms with Crippen molar-refractivity contribution in [3.63, 3.8) is 0 Å². The first-order valence-electron chi connectivity index (χ1n) is 4.76. The average Bonchev–Trinajstić information content (AvgIpc) is 2.23. The van der Waals surface area contributed by atoms with Gasteiger partial charge in [-0.15, -0.1) is 0 Å². The van der Waals surface area contributed by atoms with Crippen molar-refractivity contribution in [1.29, 1.82) is 0 Å². The second-order valence-corrected chi connectivity index (χ2v) is 3.44. The van der Waals surface area contributed by atoms with Gasteiger partial charge in [0.25, 0.3) is 0 Å². The van der Waals surface area contributed by atoms with E-state index in [0.29, 0.717) is 18.7 Å². The summed E-state index contributed by atoms with van der Waals surface area (Å²) in [4.78, 5) is 0. The molecule has 0 radical (unpaired) electrons. The van der Waals surface area contributed by atoms with Crippen LogP contribution >= 0.6 is 0 Å². The van der Waals surface area contributed by atoms with Crippen LogP contribution in [0.5, 0.6) is 0 Å². The summed E-state index contributed by atoms with van der Waals surface area (Å²) in [5.74, 6) is -0.208. The fourth-order valence-corrected chi connectivity index (χ4v) is 1.44. The lowest BCUT2D eigenvalue weighted by molar-refractivity contribution is -0.183. The number of benzene rings is 1. The van der Waals surface area contributed by atoms with Crippen LogP contribution < -0.4 is 5.46 Å². The third-order valence-corrected chi connectivity index (χ3v) is 2.30. The van der Waals surface area contributed by atoms with Gasteiger partial charge < -0.3 is 9.47 Å². The van der Waals surface area contributed by atoms with E-state index in [0.717, 1.165) is 12.0 Å². The molecule has 0 unspecified atom stereocenters. The first-order chi connectivity index (χ1) is 6.77. The van der Waals surface area contributed by atoms with Crippen molar-refractivity contribution in [1.82, 2.24) is 0 Å². The monoisotopic (exact) mass is 194 g/mol. The quantitative estimate of drug-likeness (QED) is 0.606. The largest absolute Gasteiger partial charge is 0.348 e. The minimum atomic E-state index is -0.390. The molecule has 1 heterocycles. The number of halogens is 1. The normalized spacial score (nSPS) is 18.4. The van der Waals surface area contributed by atoms with Crippen LogP contribution in [-0.4, -0.2) is 21.1 Å². The molecule has 2 nitrogen and oxygen atoms in total. The average molecular weight is 194 g/mol. The van der Waals surface area contributed by atoms with E-state index in [2.05, 4.69) is 0 Å². The summed E-state index contributed by atoms with van der Waals surface area (Å²) in [7, 11) is 1.74. The van der Waals surface area contributed by atoms with Crippen molar-refractivity contribution in [2.45, 2.75) is 12.7 Å². The molecule has 74 valence electrons. The van der Waals surface area contributed by atoms with Crippen LogP contribution in [0.25, 0.3) is 0 Å². The maximum Gasteiger partial charge on any atom is 0.183 e. The lowest BCUT2D eigenvalue weighted by Crippen LogP contribution is -2.19. The second kappa shape index (κ2) is 4.11. The van der Waals surface area contributed by atoms with E-state index in [-0.39, 0.29) is 12.1 Å².